The first-order chi connectivity index (χ1) is 9.83. The highest BCUT2D eigenvalue weighted by molar-refractivity contribution is 7.14. The number of aromatic nitrogens is 1. The fraction of sp³-hybridized carbons (Fsp3) is 0.357. The van der Waals surface area contributed by atoms with Crippen LogP contribution in [0, 0.1) is 0 Å². The van der Waals surface area contributed by atoms with Gasteiger partial charge in [-0.3, -0.25) is 14.9 Å². The lowest BCUT2D eigenvalue weighted by Gasteiger charge is -2.19. The summed E-state index contributed by atoms with van der Waals surface area (Å²) < 4.78 is 0. The fourth-order valence-electron chi connectivity index (χ4n) is 1.64. The average Bonchev–Trinajstić information content (AvgIpc) is 2.97. The SMILES string of the molecule is CC(C)(C)NC(=O)Cc1csc(NC(=O)c2cccs2)n1. The number of carbonyl (C=O) groups is 2. The highest BCUT2D eigenvalue weighted by atomic mass is 32.1. The van der Waals surface area contributed by atoms with Gasteiger partial charge in [-0.1, -0.05) is 6.07 Å². The van der Waals surface area contributed by atoms with Gasteiger partial charge < -0.3 is 5.32 Å². The predicted octanol–water partition coefficient (Wildman–Crippen LogP) is 2.91. The number of rotatable bonds is 4. The molecule has 0 radical (unpaired) electrons. The maximum atomic E-state index is 11.9. The Hall–Kier alpha value is -1.73. The number of hydrogen-bond donors (Lipinski definition) is 2. The van der Waals surface area contributed by atoms with Crippen LogP contribution < -0.4 is 10.6 Å². The molecule has 0 aliphatic rings. The molecule has 0 spiro atoms. The molecule has 2 rings (SSSR count). The molecule has 0 unspecified atom stereocenters. The van der Waals surface area contributed by atoms with Crippen LogP contribution in [-0.4, -0.2) is 22.3 Å². The molecule has 2 aromatic rings. The lowest BCUT2D eigenvalue weighted by molar-refractivity contribution is -0.121. The molecule has 7 heteroatoms. The van der Waals surface area contributed by atoms with Crippen LogP contribution in [0.4, 0.5) is 5.13 Å². The third kappa shape index (κ3) is 4.95. The van der Waals surface area contributed by atoms with Crippen LogP contribution in [0.2, 0.25) is 0 Å². The monoisotopic (exact) mass is 323 g/mol. The van der Waals surface area contributed by atoms with Gasteiger partial charge in [0.15, 0.2) is 5.13 Å². The van der Waals surface area contributed by atoms with Crippen molar-refractivity contribution in [1.82, 2.24) is 10.3 Å². The molecule has 5 nitrogen and oxygen atoms in total. The Morgan fingerprint density at radius 3 is 2.67 bits per heavy atom. The van der Waals surface area contributed by atoms with E-state index in [4.69, 9.17) is 0 Å². The fourth-order valence-corrected chi connectivity index (χ4v) is 2.96. The number of nitrogens with zero attached hydrogens (tertiary/aromatic N) is 1. The van der Waals surface area contributed by atoms with Gasteiger partial charge in [0.2, 0.25) is 5.91 Å². The van der Waals surface area contributed by atoms with Crippen LogP contribution in [0.1, 0.15) is 36.1 Å². The predicted molar refractivity (Wildman–Crippen MR) is 86.0 cm³/mol. The topological polar surface area (TPSA) is 71.1 Å². The van der Waals surface area contributed by atoms with E-state index in [2.05, 4.69) is 15.6 Å². The second kappa shape index (κ2) is 6.36. The van der Waals surface area contributed by atoms with E-state index < -0.39 is 0 Å². The van der Waals surface area contributed by atoms with Gasteiger partial charge >= 0.3 is 0 Å². The van der Waals surface area contributed by atoms with Crippen molar-refractivity contribution in [3.05, 3.63) is 33.5 Å². The minimum Gasteiger partial charge on any atom is -0.351 e. The van der Waals surface area contributed by atoms with Gasteiger partial charge in [-0.25, -0.2) is 4.98 Å². The Morgan fingerprint density at radius 2 is 2.05 bits per heavy atom. The number of thiophene rings is 1. The molecule has 2 aromatic heterocycles. The Balaban J connectivity index is 1.92. The summed E-state index contributed by atoms with van der Waals surface area (Å²) in [5.41, 5.74) is 0.395. The van der Waals surface area contributed by atoms with E-state index in [1.165, 1.54) is 22.7 Å². The second-order valence-electron chi connectivity index (χ2n) is 5.55. The first kappa shape index (κ1) is 15.7. The molecule has 0 saturated carbocycles. The number of thiazole rings is 1. The van der Waals surface area contributed by atoms with Crippen LogP contribution in [0.3, 0.4) is 0 Å². The molecule has 0 bridgehead atoms. The van der Waals surface area contributed by atoms with Gasteiger partial charge in [-0.15, -0.1) is 22.7 Å². The summed E-state index contributed by atoms with van der Waals surface area (Å²) in [5, 5.41) is 9.75. The highest BCUT2D eigenvalue weighted by Crippen LogP contribution is 2.18. The summed E-state index contributed by atoms with van der Waals surface area (Å²) in [7, 11) is 0. The van der Waals surface area contributed by atoms with Crippen molar-refractivity contribution in [2.24, 2.45) is 0 Å². The number of carbonyl (C=O) groups excluding carboxylic acids is 2. The smallest absolute Gasteiger partial charge is 0.267 e. The number of amides is 2. The molecule has 2 N–H and O–H groups in total. The van der Waals surface area contributed by atoms with Crippen molar-refractivity contribution in [2.45, 2.75) is 32.7 Å². The van der Waals surface area contributed by atoms with Crippen molar-refractivity contribution < 1.29 is 9.59 Å². The Kier molecular flexibility index (Phi) is 4.74. The maximum Gasteiger partial charge on any atom is 0.267 e. The van der Waals surface area contributed by atoms with Gasteiger partial charge in [-0.05, 0) is 32.2 Å². The first-order valence-electron chi connectivity index (χ1n) is 6.44. The van der Waals surface area contributed by atoms with E-state index in [9.17, 15) is 9.59 Å². The van der Waals surface area contributed by atoms with E-state index >= 15 is 0 Å². The molecular weight excluding hydrogens is 306 g/mol. The van der Waals surface area contributed by atoms with Gasteiger partial charge in [0.25, 0.3) is 5.91 Å². The van der Waals surface area contributed by atoms with Gasteiger partial charge in [-0.2, -0.15) is 0 Å². The lowest BCUT2D eigenvalue weighted by atomic mass is 10.1. The van der Waals surface area contributed by atoms with E-state index in [0.29, 0.717) is 15.7 Å². The van der Waals surface area contributed by atoms with E-state index in [0.717, 1.165) is 0 Å². The molecule has 0 fully saturated rings. The number of nitrogens with one attached hydrogen (secondary N) is 2. The summed E-state index contributed by atoms with van der Waals surface area (Å²) in [4.78, 5) is 28.6. The zero-order valence-corrected chi connectivity index (χ0v) is 13.7. The standard InChI is InChI=1S/C14H17N3O2S2/c1-14(2,3)17-11(18)7-9-8-21-13(15-9)16-12(19)10-5-4-6-20-10/h4-6,8H,7H2,1-3H3,(H,17,18)(H,15,16,19). The minimum atomic E-state index is -0.261. The van der Waals surface area contributed by atoms with Crippen molar-refractivity contribution in [3.63, 3.8) is 0 Å². The molecule has 2 heterocycles. The van der Waals surface area contributed by atoms with Crippen molar-refractivity contribution >= 4 is 39.6 Å². The zero-order valence-electron chi connectivity index (χ0n) is 12.1. The van der Waals surface area contributed by atoms with Crippen LogP contribution >= 0.6 is 22.7 Å². The Labute approximate surface area is 131 Å². The summed E-state index contributed by atoms with van der Waals surface area (Å²) in [6.07, 6.45) is 0.211. The third-order valence-electron chi connectivity index (χ3n) is 2.37. The highest BCUT2D eigenvalue weighted by Gasteiger charge is 2.16. The molecular formula is C14H17N3O2S2. The molecule has 0 saturated heterocycles. The molecule has 0 aliphatic carbocycles. The lowest BCUT2D eigenvalue weighted by Crippen LogP contribution is -2.41. The Morgan fingerprint density at radius 1 is 1.29 bits per heavy atom. The number of hydrogen-bond acceptors (Lipinski definition) is 5. The first-order valence-corrected chi connectivity index (χ1v) is 8.20. The second-order valence-corrected chi connectivity index (χ2v) is 7.36. The minimum absolute atomic E-state index is 0.0797. The third-order valence-corrected chi connectivity index (χ3v) is 4.05. The van der Waals surface area contributed by atoms with E-state index in [1.54, 1.807) is 11.4 Å². The van der Waals surface area contributed by atoms with E-state index in [-0.39, 0.29) is 23.8 Å². The molecule has 0 atom stereocenters. The zero-order chi connectivity index (χ0) is 15.5. The van der Waals surface area contributed by atoms with Crippen LogP contribution in [0.15, 0.2) is 22.9 Å². The average molecular weight is 323 g/mol. The molecule has 2 amide bonds. The van der Waals surface area contributed by atoms with Gasteiger partial charge in [0, 0.05) is 10.9 Å². The molecule has 0 aromatic carbocycles. The largest absolute Gasteiger partial charge is 0.351 e. The molecule has 112 valence electrons. The van der Waals surface area contributed by atoms with Crippen molar-refractivity contribution in [3.8, 4) is 0 Å². The van der Waals surface area contributed by atoms with Crippen LogP contribution in [-0.2, 0) is 11.2 Å². The van der Waals surface area contributed by atoms with Gasteiger partial charge in [0.05, 0.1) is 17.0 Å². The maximum absolute atomic E-state index is 11.9. The molecule has 0 aliphatic heterocycles. The van der Waals surface area contributed by atoms with E-state index in [1.807, 2.05) is 32.2 Å². The summed E-state index contributed by atoms with van der Waals surface area (Å²) >= 11 is 2.69. The van der Waals surface area contributed by atoms with Crippen molar-refractivity contribution in [1.29, 1.82) is 0 Å². The summed E-state index contributed by atoms with van der Waals surface area (Å²) in [6.45, 7) is 5.79. The normalized spacial score (nSPS) is 11.2. The van der Waals surface area contributed by atoms with Gasteiger partial charge in [0.1, 0.15) is 0 Å². The van der Waals surface area contributed by atoms with Crippen LogP contribution in [0.25, 0.3) is 0 Å². The number of anilines is 1. The Bertz CT molecular complexity index is 627. The van der Waals surface area contributed by atoms with Crippen molar-refractivity contribution in [2.75, 3.05) is 5.32 Å². The quantitative estimate of drug-likeness (QED) is 0.909. The summed E-state index contributed by atoms with van der Waals surface area (Å²) in [6, 6.07) is 3.58. The van der Waals surface area contributed by atoms with Crippen LogP contribution in [0.5, 0.6) is 0 Å². The molecule has 21 heavy (non-hydrogen) atoms. The summed E-state index contributed by atoms with van der Waals surface area (Å²) in [5.74, 6) is -0.256.